The summed E-state index contributed by atoms with van der Waals surface area (Å²) in [5.41, 5.74) is 1.22. The van der Waals surface area contributed by atoms with E-state index in [1.165, 1.54) is 5.56 Å². The third kappa shape index (κ3) is 4.86. The van der Waals surface area contributed by atoms with Crippen LogP contribution in [0.5, 0.6) is 5.75 Å². The van der Waals surface area contributed by atoms with E-state index >= 15 is 0 Å². The van der Waals surface area contributed by atoms with E-state index in [0.717, 1.165) is 0 Å². The van der Waals surface area contributed by atoms with Crippen molar-refractivity contribution in [1.29, 1.82) is 0 Å². The molecule has 3 nitrogen and oxygen atoms in total. The van der Waals surface area contributed by atoms with E-state index in [-0.39, 0.29) is 12.4 Å². The highest BCUT2D eigenvalue weighted by Crippen LogP contribution is 2.18. The minimum Gasteiger partial charge on any atom is -0.492 e. The van der Waals surface area contributed by atoms with Crippen LogP contribution in [0.25, 0.3) is 0 Å². The van der Waals surface area contributed by atoms with E-state index in [4.69, 9.17) is 15.4 Å². The molecule has 16 heavy (non-hydrogen) atoms. The normalized spacial score (nSPS) is 11.8. The number of hydrogen-bond acceptors (Lipinski definition) is 3. The Morgan fingerprint density at radius 3 is 2.25 bits per heavy atom. The fourth-order valence-electron chi connectivity index (χ4n) is 1.21. The predicted molar refractivity (Wildman–Crippen MR) is 65.7 cm³/mol. The van der Waals surface area contributed by atoms with Crippen LogP contribution in [0.3, 0.4) is 0 Å². The lowest BCUT2D eigenvalue weighted by molar-refractivity contribution is 0.341. The first-order chi connectivity index (χ1) is 7.38. The second-order valence-corrected chi connectivity index (χ2v) is 6.71. The van der Waals surface area contributed by atoms with Gasteiger partial charge in [0.25, 0.3) is 0 Å². The summed E-state index contributed by atoms with van der Waals surface area (Å²) in [6, 6.07) is 7.59. The van der Waals surface area contributed by atoms with Gasteiger partial charge in [0.05, 0.1) is 5.75 Å². The van der Waals surface area contributed by atoms with Gasteiger partial charge in [-0.05, 0) is 23.6 Å². The summed E-state index contributed by atoms with van der Waals surface area (Å²) in [5, 5.41) is 0. The van der Waals surface area contributed by atoms with Gasteiger partial charge in [-0.3, -0.25) is 0 Å². The van der Waals surface area contributed by atoms with Crippen LogP contribution in [0.1, 0.15) is 25.3 Å². The zero-order valence-corrected chi connectivity index (χ0v) is 10.9. The third-order valence-corrected chi connectivity index (χ3v) is 3.26. The van der Waals surface area contributed by atoms with E-state index in [0.29, 0.717) is 11.7 Å². The molecule has 1 rings (SSSR count). The van der Waals surface area contributed by atoms with E-state index < -0.39 is 9.05 Å². The summed E-state index contributed by atoms with van der Waals surface area (Å²) in [4.78, 5) is 0. The summed E-state index contributed by atoms with van der Waals surface area (Å²) >= 11 is 0. The highest BCUT2D eigenvalue weighted by molar-refractivity contribution is 8.13. The van der Waals surface area contributed by atoms with Crippen LogP contribution in [-0.2, 0) is 9.05 Å². The molecule has 0 radical (unpaired) electrons. The summed E-state index contributed by atoms with van der Waals surface area (Å²) < 4.78 is 26.6. The molecule has 1 aromatic rings. The second kappa shape index (κ2) is 5.55. The van der Waals surface area contributed by atoms with Gasteiger partial charge in [0.2, 0.25) is 9.05 Å². The average molecular weight is 263 g/mol. The molecule has 0 spiro atoms. The number of halogens is 1. The van der Waals surface area contributed by atoms with Crippen LogP contribution >= 0.6 is 10.7 Å². The van der Waals surface area contributed by atoms with Crippen LogP contribution < -0.4 is 4.74 Å². The Hall–Kier alpha value is -0.740. The quantitative estimate of drug-likeness (QED) is 0.767. The molecule has 0 heterocycles. The second-order valence-electron chi connectivity index (χ2n) is 3.82. The van der Waals surface area contributed by atoms with Crippen LogP contribution in [0.2, 0.25) is 0 Å². The molecule has 0 bridgehead atoms. The molecule has 0 aromatic heterocycles. The zero-order valence-electron chi connectivity index (χ0n) is 9.31. The Morgan fingerprint density at radius 1 is 1.25 bits per heavy atom. The van der Waals surface area contributed by atoms with Gasteiger partial charge in [-0.25, -0.2) is 8.42 Å². The Kier molecular flexibility index (Phi) is 4.62. The van der Waals surface area contributed by atoms with E-state index in [1.807, 2.05) is 24.3 Å². The van der Waals surface area contributed by atoms with Crippen molar-refractivity contribution in [1.82, 2.24) is 0 Å². The standard InChI is InChI=1S/C11H15ClO3S/c1-9(2)10-3-5-11(6-4-10)15-7-8-16(12,13)14/h3-6,9H,7-8H2,1-2H3. The lowest BCUT2D eigenvalue weighted by atomic mass is 10.0. The molecule has 0 aliphatic carbocycles. The lowest BCUT2D eigenvalue weighted by Crippen LogP contribution is -2.08. The zero-order chi connectivity index (χ0) is 12.2. The van der Waals surface area contributed by atoms with Crippen LogP contribution in [-0.4, -0.2) is 20.8 Å². The monoisotopic (exact) mass is 262 g/mol. The van der Waals surface area contributed by atoms with Gasteiger partial charge in [-0.15, -0.1) is 0 Å². The molecule has 0 saturated carbocycles. The maximum absolute atomic E-state index is 10.7. The van der Waals surface area contributed by atoms with Crippen LogP contribution in [0.4, 0.5) is 0 Å². The molecule has 0 unspecified atom stereocenters. The van der Waals surface area contributed by atoms with Gasteiger partial charge in [0, 0.05) is 10.7 Å². The van der Waals surface area contributed by atoms with Crippen molar-refractivity contribution in [2.45, 2.75) is 19.8 Å². The molecule has 0 saturated heterocycles. The molecule has 5 heteroatoms. The van der Waals surface area contributed by atoms with Crippen molar-refractivity contribution in [3.63, 3.8) is 0 Å². The van der Waals surface area contributed by atoms with Crippen molar-refractivity contribution >= 4 is 19.7 Å². The van der Waals surface area contributed by atoms with Crippen LogP contribution in [0.15, 0.2) is 24.3 Å². The topological polar surface area (TPSA) is 43.4 Å². The van der Waals surface area contributed by atoms with Gasteiger partial charge < -0.3 is 4.74 Å². The van der Waals surface area contributed by atoms with Crippen molar-refractivity contribution < 1.29 is 13.2 Å². The number of hydrogen-bond donors (Lipinski definition) is 0. The van der Waals surface area contributed by atoms with Gasteiger partial charge in [-0.2, -0.15) is 0 Å². The molecule has 0 aliphatic heterocycles. The Morgan fingerprint density at radius 2 is 1.81 bits per heavy atom. The van der Waals surface area contributed by atoms with E-state index in [2.05, 4.69) is 13.8 Å². The first-order valence-corrected chi connectivity index (χ1v) is 7.51. The highest BCUT2D eigenvalue weighted by Gasteiger charge is 2.05. The van der Waals surface area contributed by atoms with Gasteiger partial charge in [-0.1, -0.05) is 26.0 Å². The SMILES string of the molecule is CC(C)c1ccc(OCCS(=O)(=O)Cl)cc1. The summed E-state index contributed by atoms with van der Waals surface area (Å²) in [6.07, 6.45) is 0. The molecule has 0 amide bonds. The lowest BCUT2D eigenvalue weighted by Gasteiger charge is -2.08. The molecule has 0 atom stereocenters. The molecular formula is C11H15ClO3S. The fraction of sp³-hybridized carbons (Fsp3) is 0.455. The molecule has 1 aromatic carbocycles. The minimum atomic E-state index is -3.47. The first kappa shape index (κ1) is 13.3. The Bertz CT molecular complexity index is 423. The molecule has 0 N–H and O–H groups in total. The maximum atomic E-state index is 10.7. The highest BCUT2D eigenvalue weighted by atomic mass is 35.7. The fourth-order valence-corrected chi connectivity index (χ4v) is 1.68. The van der Waals surface area contributed by atoms with Crippen molar-refractivity contribution in [3.05, 3.63) is 29.8 Å². The smallest absolute Gasteiger partial charge is 0.235 e. The average Bonchev–Trinajstić information content (AvgIpc) is 2.16. The van der Waals surface area contributed by atoms with Gasteiger partial charge in [0.15, 0.2) is 0 Å². The first-order valence-electron chi connectivity index (χ1n) is 5.03. The summed E-state index contributed by atoms with van der Waals surface area (Å²) in [6.45, 7) is 4.29. The van der Waals surface area contributed by atoms with Gasteiger partial charge in [0.1, 0.15) is 12.4 Å². The Balaban J connectivity index is 2.50. The predicted octanol–water partition coefficient (Wildman–Crippen LogP) is 2.76. The maximum Gasteiger partial charge on any atom is 0.235 e. The van der Waals surface area contributed by atoms with Crippen molar-refractivity contribution in [2.24, 2.45) is 0 Å². The summed E-state index contributed by atoms with van der Waals surface area (Å²) in [5.74, 6) is 0.947. The number of rotatable bonds is 5. The molecule has 90 valence electrons. The number of ether oxygens (including phenoxy) is 1. The largest absolute Gasteiger partial charge is 0.492 e. The Labute approximate surface area is 101 Å². The van der Waals surface area contributed by atoms with Crippen molar-refractivity contribution in [2.75, 3.05) is 12.4 Å². The minimum absolute atomic E-state index is 0.0762. The van der Waals surface area contributed by atoms with E-state index in [1.54, 1.807) is 0 Å². The number of benzene rings is 1. The van der Waals surface area contributed by atoms with Gasteiger partial charge >= 0.3 is 0 Å². The molecule has 0 aliphatic rings. The molecular weight excluding hydrogens is 248 g/mol. The third-order valence-electron chi connectivity index (χ3n) is 2.14. The molecule has 0 fully saturated rings. The van der Waals surface area contributed by atoms with E-state index in [9.17, 15) is 8.42 Å². The van der Waals surface area contributed by atoms with Crippen LogP contribution in [0, 0.1) is 0 Å². The van der Waals surface area contributed by atoms with Crippen molar-refractivity contribution in [3.8, 4) is 5.75 Å². The summed E-state index contributed by atoms with van der Waals surface area (Å²) in [7, 11) is 1.59.